The predicted octanol–water partition coefficient (Wildman–Crippen LogP) is 2.96. The molecule has 1 amide bonds. The van der Waals surface area contributed by atoms with Gasteiger partial charge < -0.3 is 14.2 Å². The van der Waals surface area contributed by atoms with E-state index < -0.39 is 0 Å². The third-order valence-corrected chi connectivity index (χ3v) is 5.09. The smallest absolute Gasteiger partial charge is 0.261 e. The second kappa shape index (κ2) is 7.43. The van der Waals surface area contributed by atoms with Gasteiger partial charge in [-0.25, -0.2) is 4.39 Å². The summed E-state index contributed by atoms with van der Waals surface area (Å²) >= 11 is 0. The number of aromatic nitrogens is 3. The molecule has 2 fully saturated rings. The summed E-state index contributed by atoms with van der Waals surface area (Å²) in [6.07, 6.45) is 7.25. The highest BCUT2D eigenvalue weighted by atomic mass is 19.1. The van der Waals surface area contributed by atoms with Gasteiger partial charge in [-0.05, 0) is 62.3 Å². The number of carbonyl (C=O) groups excluding carboxylic acids is 1. The molecular weight excluding hydrogens is 335 g/mol. The molecule has 2 aromatic rings. The summed E-state index contributed by atoms with van der Waals surface area (Å²) in [5.74, 6) is 1.70. The zero-order valence-corrected chi connectivity index (χ0v) is 14.7. The number of nitrogens with zero attached hydrogens (tertiary/aromatic N) is 4. The first-order chi connectivity index (χ1) is 12.7. The summed E-state index contributed by atoms with van der Waals surface area (Å²) in [6, 6.07) is 5.66. The van der Waals surface area contributed by atoms with Crippen molar-refractivity contribution in [3.05, 3.63) is 42.2 Å². The number of hydrogen-bond donors (Lipinski definition) is 0. The number of halogens is 1. The van der Waals surface area contributed by atoms with Crippen molar-refractivity contribution in [3.63, 3.8) is 0 Å². The number of carbonyl (C=O) groups is 1. The molecule has 26 heavy (non-hydrogen) atoms. The van der Waals surface area contributed by atoms with E-state index in [0.29, 0.717) is 12.3 Å². The summed E-state index contributed by atoms with van der Waals surface area (Å²) < 4.78 is 20.6. The van der Waals surface area contributed by atoms with Gasteiger partial charge in [0.25, 0.3) is 5.91 Å². The van der Waals surface area contributed by atoms with Gasteiger partial charge in [0.05, 0.1) is 6.04 Å². The van der Waals surface area contributed by atoms with Crippen LogP contribution in [0.3, 0.4) is 0 Å². The van der Waals surface area contributed by atoms with Crippen molar-refractivity contribution in [2.24, 2.45) is 5.92 Å². The average molecular weight is 358 g/mol. The van der Waals surface area contributed by atoms with Crippen LogP contribution in [0.1, 0.15) is 44.0 Å². The molecule has 1 atom stereocenters. The summed E-state index contributed by atoms with van der Waals surface area (Å²) in [5.41, 5.74) is 0. The third kappa shape index (κ3) is 3.86. The number of amides is 1. The van der Waals surface area contributed by atoms with E-state index in [1.54, 1.807) is 6.33 Å². The average Bonchev–Trinajstić information content (AvgIpc) is 3.36. The van der Waals surface area contributed by atoms with Crippen LogP contribution in [0.25, 0.3) is 0 Å². The highest BCUT2D eigenvalue weighted by Gasteiger charge is 2.33. The van der Waals surface area contributed by atoms with Crippen LogP contribution in [0.2, 0.25) is 0 Å². The van der Waals surface area contributed by atoms with Gasteiger partial charge in [-0.3, -0.25) is 4.79 Å². The lowest BCUT2D eigenvalue weighted by Crippen LogP contribution is -2.42. The Labute approximate surface area is 152 Å². The second-order valence-electron chi connectivity index (χ2n) is 7.13. The summed E-state index contributed by atoms with van der Waals surface area (Å²) in [4.78, 5) is 14.6. The minimum absolute atomic E-state index is 0.0469. The van der Waals surface area contributed by atoms with Crippen LogP contribution in [-0.2, 0) is 11.3 Å². The Balaban J connectivity index is 1.43. The molecule has 0 unspecified atom stereocenters. The topological polar surface area (TPSA) is 60.2 Å². The fourth-order valence-corrected chi connectivity index (χ4v) is 3.50. The van der Waals surface area contributed by atoms with E-state index in [-0.39, 0.29) is 24.4 Å². The Morgan fingerprint density at radius 1 is 1.19 bits per heavy atom. The fraction of sp³-hybridized carbons (Fsp3) is 0.526. The molecule has 0 bridgehead atoms. The first kappa shape index (κ1) is 17.0. The van der Waals surface area contributed by atoms with Gasteiger partial charge in [0, 0.05) is 13.1 Å². The zero-order chi connectivity index (χ0) is 17.9. The van der Waals surface area contributed by atoms with Crippen molar-refractivity contribution < 1.29 is 13.9 Å². The molecule has 0 spiro atoms. The third-order valence-electron chi connectivity index (χ3n) is 5.09. The van der Waals surface area contributed by atoms with Gasteiger partial charge in [0.1, 0.15) is 17.9 Å². The maximum absolute atomic E-state index is 13.0. The Morgan fingerprint density at radius 3 is 2.77 bits per heavy atom. The lowest BCUT2D eigenvalue weighted by Gasteiger charge is -2.35. The van der Waals surface area contributed by atoms with Crippen molar-refractivity contribution in [1.29, 1.82) is 0 Å². The summed E-state index contributed by atoms with van der Waals surface area (Å²) in [5, 5.41) is 8.40. The predicted molar refractivity (Wildman–Crippen MR) is 92.9 cm³/mol. The van der Waals surface area contributed by atoms with E-state index in [9.17, 15) is 9.18 Å². The van der Waals surface area contributed by atoms with Gasteiger partial charge in [-0.2, -0.15) is 0 Å². The van der Waals surface area contributed by atoms with E-state index >= 15 is 0 Å². The van der Waals surface area contributed by atoms with Crippen LogP contribution in [-0.4, -0.2) is 38.7 Å². The second-order valence-corrected chi connectivity index (χ2v) is 7.13. The van der Waals surface area contributed by atoms with Crippen LogP contribution >= 0.6 is 0 Å². The number of rotatable bonds is 6. The van der Waals surface area contributed by atoms with Crippen LogP contribution in [0.4, 0.5) is 4.39 Å². The summed E-state index contributed by atoms with van der Waals surface area (Å²) in [7, 11) is 0. The van der Waals surface area contributed by atoms with Gasteiger partial charge >= 0.3 is 0 Å². The van der Waals surface area contributed by atoms with Gasteiger partial charge in [-0.1, -0.05) is 0 Å². The minimum Gasteiger partial charge on any atom is -0.484 e. The highest BCUT2D eigenvalue weighted by molar-refractivity contribution is 5.78. The van der Waals surface area contributed by atoms with Gasteiger partial charge in [0.2, 0.25) is 0 Å². The molecule has 7 heteroatoms. The van der Waals surface area contributed by atoms with E-state index in [4.69, 9.17) is 4.74 Å². The van der Waals surface area contributed by atoms with Crippen LogP contribution in [0, 0.1) is 11.7 Å². The molecule has 1 saturated carbocycles. The van der Waals surface area contributed by atoms with Crippen LogP contribution in [0.15, 0.2) is 30.6 Å². The number of piperidine rings is 1. The monoisotopic (exact) mass is 358 g/mol. The minimum atomic E-state index is -0.324. The van der Waals surface area contributed by atoms with Crippen molar-refractivity contribution >= 4 is 5.91 Å². The molecule has 1 aliphatic carbocycles. The van der Waals surface area contributed by atoms with Crippen molar-refractivity contribution in [3.8, 4) is 5.75 Å². The van der Waals surface area contributed by atoms with E-state index in [1.165, 1.54) is 37.1 Å². The normalized spacial score (nSPS) is 20.2. The van der Waals surface area contributed by atoms with Crippen LogP contribution in [0.5, 0.6) is 5.75 Å². The van der Waals surface area contributed by atoms with E-state index in [2.05, 4.69) is 14.8 Å². The van der Waals surface area contributed by atoms with Gasteiger partial charge in [0.15, 0.2) is 12.4 Å². The first-order valence-electron chi connectivity index (χ1n) is 9.26. The lowest BCUT2D eigenvalue weighted by molar-refractivity contribution is -0.137. The standard InChI is InChI=1S/C19H23FN4O2/c20-15-6-8-16(9-7-15)26-12-18(25)24-10-2-1-3-17(24)19-22-21-13-23(19)11-14-4-5-14/h6-9,13-14,17H,1-5,10-12H2/t17-/m1/s1. The maximum atomic E-state index is 13.0. The molecule has 2 heterocycles. The fourth-order valence-electron chi connectivity index (χ4n) is 3.50. The van der Waals surface area contributed by atoms with E-state index in [1.807, 2.05) is 4.90 Å². The van der Waals surface area contributed by atoms with Crippen molar-refractivity contribution in [2.75, 3.05) is 13.2 Å². The molecule has 1 aromatic carbocycles. The molecule has 1 saturated heterocycles. The van der Waals surface area contributed by atoms with Crippen LogP contribution < -0.4 is 4.74 Å². The molecule has 1 aliphatic heterocycles. The Morgan fingerprint density at radius 2 is 2.00 bits per heavy atom. The molecule has 138 valence electrons. The number of hydrogen-bond acceptors (Lipinski definition) is 4. The first-order valence-corrected chi connectivity index (χ1v) is 9.26. The quantitative estimate of drug-likeness (QED) is 0.797. The Hall–Kier alpha value is -2.44. The largest absolute Gasteiger partial charge is 0.484 e. The lowest BCUT2D eigenvalue weighted by atomic mass is 10.0. The Bertz CT molecular complexity index is 757. The van der Waals surface area contributed by atoms with Crippen molar-refractivity contribution in [1.82, 2.24) is 19.7 Å². The molecule has 0 N–H and O–H groups in total. The Kier molecular flexibility index (Phi) is 4.86. The molecule has 0 radical (unpaired) electrons. The molecule has 6 nitrogen and oxygen atoms in total. The zero-order valence-electron chi connectivity index (χ0n) is 14.7. The SMILES string of the molecule is O=C(COc1ccc(F)cc1)N1CCCC[C@@H]1c1nncn1CC1CC1. The van der Waals surface area contributed by atoms with Crippen molar-refractivity contribution in [2.45, 2.75) is 44.7 Å². The highest BCUT2D eigenvalue weighted by Crippen LogP contribution is 2.34. The summed E-state index contributed by atoms with van der Waals surface area (Å²) in [6.45, 7) is 1.58. The van der Waals surface area contributed by atoms with E-state index in [0.717, 1.165) is 37.5 Å². The molecule has 1 aromatic heterocycles. The number of ether oxygens (including phenoxy) is 1. The van der Waals surface area contributed by atoms with Gasteiger partial charge in [-0.15, -0.1) is 10.2 Å². The number of likely N-dealkylation sites (tertiary alicyclic amines) is 1. The maximum Gasteiger partial charge on any atom is 0.261 e. The molecular formula is C19H23FN4O2. The molecule has 2 aliphatic rings. The molecule has 4 rings (SSSR count). The number of benzene rings is 1.